The summed E-state index contributed by atoms with van der Waals surface area (Å²) in [6.45, 7) is 5.63. The molecule has 2 aliphatic rings. The summed E-state index contributed by atoms with van der Waals surface area (Å²) in [6.07, 6.45) is 6.56. The van der Waals surface area contributed by atoms with Gasteiger partial charge in [-0.25, -0.2) is 4.98 Å². The fourth-order valence-corrected chi connectivity index (χ4v) is 5.08. The van der Waals surface area contributed by atoms with Crippen molar-refractivity contribution >= 4 is 23.1 Å². The molecule has 1 aromatic rings. The molecule has 0 amide bonds. The van der Waals surface area contributed by atoms with Crippen LogP contribution in [0.2, 0.25) is 0 Å². The fraction of sp³-hybridized carbons (Fsp3) is 0.800. The summed E-state index contributed by atoms with van der Waals surface area (Å²) >= 11 is 4.07. The van der Waals surface area contributed by atoms with E-state index in [0.717, 1.165) is 19.0 Å². The lowest BCUT2D eigenvalue weighted by Crippen LogP contribution is -2.15. The lowest BCUT2D eigenvalue weighted by molar-refractivity contribution is 0.622. The van der Waals surface area contributed by atoms with E-state index in [-0.39, 0.29) is 0 Å². The van der Waals surface area contributed by atoms with Crippen molar-refractivity contribution in [2.45, 2.75) is 63.8 Å². The maximum Gasteiger partial charge on any atom is 0.106 e. The highest BCUT2D eigenvalue weighted by Gasteiger charge is 2.25. The molecule has 0 bridgehead atoms. The first-order chi connectivity index (χ1) is 9.22. The molecule has 1 aromatic heterocycles. The van der Waals surface area contributed by atoms with Gasteiger partial charge in [-0.05, 0) is 43.8 Å². The van der Waals surface area contributed by atoms with E-state index >= 15 is 0 Å². The molecule has 106 valence electrons. The third kappa shape index (κ3) is 3.73. The molecule has 1 aliphatic carbocycles. The van der Waals surface area contributed by atoms with Gasteiger partial charge in [0.25, 0.3) is 0 Å². The quantitative estimate of drug-likeness (QED) is 0.853. The molecule has 4 heteroatoms. The van der Waals surface area contributed by atoms with Crippen LogP contribution in [0.3, 0.4) is 0 Å². The smallest absolute Gasteiger partial charge is 0.106 e. The first kappa shape index (κ1) is 13.9. The zero-order valence-corrected chi connectivity index (χ0v) is 13.6. The molecule has 0 aromatic carbocycles. The number of rotatable bonds is 6. The summed E-state index contributed by atoms with van der Waals surface area (Å²) < 4.78 is 0. The van der Waals surface area contributed by atoms with Gasteiger partial charge in [0.15, 0.2) is 0 Å². The fourth-order valence-electron chi connectivity index (χ4n) is 2.52. The Morgan fingerprint density at radius 2 is 2.16 bits per heavy atom. The molecule has 0 spiro atoms. The average Bonchev–Trinajstić information content (AvgIpc) is 2.89. The molecule has 1 atom stereocenters. The highest BCUT2D eigenvalue weighted by molar-refractivity contribution is 7.99. The summed E-state index contributed by atoms with van der Waals surface area (Å²) in [7, 11) is 0. The largest absolute Gasteiger partial charge is 0.309 e. The van der Waals surface area contributed by atoms with Crippen molar-refractivity contribution in [2.75, 3.05) is 5.75 Å². The Morgan fingerprint density at radius 1 is 1.32 bits per heavy atom. The van der Waals surface area contributed by atoms with Crippen molar-refractivity contribution in [1.29, 1.82) is 0 Å². The Kier molecular flexibility index (Phi) is 4.50. The first-order valence-electron chi connectivity index (χ1n) is 7.56. The Bertz CT molecular complexity index is 418. The van der Waals surface area contributed by atoms with E-state index in [1.807, 2.05) is 11.3 Å². The standard InChI is InChI=1S/C15H24N2S2/c1-10(2)8-12-14(9-16-11-5-6-11)19-15(17-12)13-4-3-7-18-13/h10-11,13,16H,3-9H2,1-2H3. The van der Waals surface area contributed by atoms with Crippen LogP contribution >= 0.6 is 23.1 Å². The van der Waals surface area contributed by atoms with Gasteiger partial charge >= 0.3 is 0 Å². The van der Waals surface area contributed by atoms with Crippen LogP contribution in [0.25, 0.3) is 0 Å². The van der Waals surface area contributed by atoms with Gasteiger partial charge in [-0.15, -0.1) is 11.3 Å². The van der Waals surface area contributed by atoms with Crippen molar-refractivity contribution in [2.24, 2.45) is 5.92 Å². The summed E-state index contributed by atoms with van der Waals surface area (Å²) in [5, 5.41) is 5.73. The van der Waals surface area contributed by atoms with Gasteiger partial charge < -0.3 is 5.32 Å². The summed E-state index contributed by atoms with van der Waals surface area (Å²) in [5.41, 5.74) is 1.37. The van der Waals surface area contributed by atoms with E-state index in [2.05, 4.69) is 30.9 Å². The molecule has 2 fully saturated rings. The van der Waals surface area contributed by atoms with E-state index in [1.165, 1.54) is 47.0 Å². The molecule has 3 rings (SSSR count). The maximum absolute atomic E-state index is 4.99. The number of aromatic nitrogens is 1. The van der Waals surface area contributed by atoms with Crippen LogP contribution in [0.4, 0.5) is 0 Å². The van der Waals surface area contributed by atoms with E-state index in [9.17, 15) is 0 Å². The highest BCUT2D eigenvalue weighted by atomic mass is 32.2. The van der Waals surface area contributed by atoms with Crippen molar-refractivity contribution < 1.29 is 0 Å². The molecule has 1 saturated carbocycles. The Morgan fingerprint density at radius 3 is 2.79 bits per heavy atom. The van der Waals surface area contributed by atoms with Crippen molar-refractivity contribution in [3.63, 3.8) is 0 Å². The maximum atomic E-state index is 4.99. The number of thioether (sulfide) groups is 1. The topological polar surface area (TPSA) is 24.9 Å². The summed E-state index contributed by atoms with van der Waals surface area (Å²) in [5.74, 6) is 2.02. The third-order valence-corrected chi connectivity index (χ3v) is 6.48. The monoisotopic (exact) mass is 296 g/mol. The zero-order valence-electron chi connectivity index (χ0n) is 11.9. The molecule has 1 unspecified atom stereocenters. The number of hydrogen-bond acceptors (Lipinski definition) is 4. The average molecular weight is 297 g/mol. The molecule has 1 aliphatic heterocycles. The Labute approximate surface area is 124 Å². The molecule has 1 N–H and O–H groups in total. The predicted octanol–water partition coefficient (Wildman–Crippen LogP) is 4.16. The molecule has 1 saturated heterocycles. The van der Waals surface area contributed by atoms with Crippen LogP contribution < -0.4 is 5.32 Å². The van der Waals surface area contributed by atoms with E-state index < -0.39 is 0 Å². The third-order valence-electron chi connectivity index (χ3n) is 3.73. The Balaban J connectivity index is 1.73. The van der Waals surface area contributed by atoms with Crippen LogP contribution in [0.5, 0.6) is 0 Å². The first-order valence-corrected chi connectivity index (χ1v) is 9.42. The van der Waals surface area contributed by atoms with Crippen molar-refractivity contribution in [3.05, 3.63) is 15.6 Å². The van der Waals surface area contributed by atoms with Crippen LogP contribution in [-0.2, 0) is 13.0 Å². The minimum atomic E-state index is 0.686. The van der Waals surface area contributed by atoms with Gasteiger partial charge in [-0.1, -0.05) is 13.8 Å². The van der Waals surface area contributed by atoms with Gasteiger partial charge in [0.05, 0.1) is 10.9 Å². The number of nitrogens with zero attached hydrogens (tertiary/aromatic N) is 1. The second-order valence-corrected chi connectivity index (χ2v) is 8.60. The van der Waals surface area contributed by atoms with Gasteiger partial charge in [0, 0.05) is 17.5 Å². The molecule has 2 heterocycles. The summed E-state index contributed by atoms with van der Waals surface area (Å²) in [4.78, 5) is 6.49. The normalized spacial score (nSPS) is 23.4. The summed E-state index contributed by atoms with van der Waals surface area (Å²) in [6, 6.07) is 0.790. The number of nitrogens with one attached hydrogen (secondary N) is 1. The van der Waals surface area contributed by atoms with Gasteiger partial charge in [-0.2, -0.15) is 11.8 Å². The van der Waals surface area contributed by atoms with E-state index in [0.29, 0.717) is 11.2 Å². The van der Waals surface area contributed by atoms with Crippen molar-refractivity contribution in [1.82, 2.24) is 10.3 Å². The lowest BCUT2D eigenvalue weighted by Gasteiger charge is -2.05. The molecule has 0 radical (unpaired) electrons. The SMILES string of the molecule is CC(C)Cc1nc(C2CCCS2)sc1CNC1CC1. The molecule has 19 heavy (non-hydrogen) atoms. The molecule has 2 nitrogen and oxygen atoms in total. The minimum absolute atomic E-state index is 0.686. The van der Waals surface area contributed by atoms with Crippen LogP contribution in [0.15, 0.2) is 0 Å². The highest BCUT2D eigenvalue weighted by Crippen LogP contribution is 2.42. The van der Waals surface area contributed by atoms with Gasteiger partial charge in [0.1, 0.15) is 5.01 Å². The zero-order chi connectivity index (χ0) is 13.2. The molecular weight excluding hydrogens is 272 g/mol. The van der Waals surface area contributed by atoms with Crippen LogP contribution in [-0.4, -0.2) is 16.8 Å². The number of thiazole rings is 1. The minimum Gasteiger partial charge on any atom is -0.309 e. The Hall–Kier alpha value is -0.0600. The predicted molar refractivity (Wildman–Crippen MR) is 85.0 cm³/mol. The van der Waals surface area contributed by atoms with Gasteiger partial charge in [0.2, 0.25) is 0 Å². The molecular formula is C15H24N2S2. The van der Waals surface area contributed by atoms with E-state index in [1.54, 1.807) is 0 Å². The van der Waals surface area contributed by atoms with Gasteiger partial charge in [-0.3, -0.25) is 0 Å². The lowest BCUT2D eigenvalue weighted by atomic mass is 10.1. The van der Waals surface area contributed by atoms with Crippen molar-refractivity contribution in [3.8, 4) is 0 Å². The second-order valence-electron chi connectivity index (χ2n) is 6.18. The van der Waals surface area contributed by atoms with E-state index in [4.69, 9.17) is 4.98 Å². The second kappa shape index (κ2) is 6.15. The van der Waals surface area contributed by atoms with Crippen LogP contribution in [0, 0.1) is 5.92 Å². The van der Waals surface area contributed by atoms with Crippen LogP contribution in [0.1, 0.15) is 60.4 Å². The number of hydrogen-bond donors (Lipinski definition) is 1.